The minimum Gasteiger partial charge on any atom is -0.353 e. The average molecular weight is 485 g/mol. The van der Waals surface area contributed by atoms with Crippen LogP contribution in [-0.4, -0.2) is 67.2 Å². The number of hydrogen-bond donors (Lipinski definition) is 1. The molecule has 2 aliphatic rings. The molecule has 0 unspecified atom stereocenters. The predicted molar refractivity (Wildman–Crippen MR) is 132 cm³/mol. The van der Waals surface area contributed by atoms with Gasteiger partial charge in [0.2, 0.25) is 5.91 Å². The molecule has 34 heavy (non-hydrogen) atoms. The van der Waals surface area contributed by atoms with Crippen molar-refractivity contribution in [2.75, 3.05) is 31.1 Å². The molecule has 9 nitrogen and oxygen atoms in total. The third kappa shape index (κ3) is 4.77. The fourth-order valence-corrected chi connectivity index (χ4v) is 5.43. The summed E-state index contributed by atoms with van der Waals surface area (Å²) in [6.45, 7) is 12.4. The number of carbonyl (C=O) groups excluding carboxylic acids is 1. The number of hydrogen-bond acceptors (Lipinski definition) is 7. The molecule has 1 saturated heterocycles. The van der Waals surface area contributed by atoms with E-state index in [-0.39, 0.29) is 28.5 Å². The Kier molecular flexibility index (Phi) is 6.62. The van der Waals surface area contributed by atoms with Crippen LogP contribution in [0.3, 0.4) is 0 Å². The van der Waals surface area contributed by atoms with Gasteiger partial charge < -0.3 is 9.80 Å². The van der Waals surface area contributed by atoms with Crippen LogP contribution in [0.15, 0.2) is 40.2 Å². The zero-order chi connectivity index (χ0) is 24.6. The second-order valence-corrected chi connectivity index (χ2v) is 11.1. The van der Waals surface area contributed by atoms with Crippen molar-refractivity contribution in [1.29, 1.82) is 0 Å². The van der Waals surface area contributed by atoms with Crippen molar-refractivity contribution in [1.82, 2.24) is 19.6 Å². The molecular formula is C24H32N6O3S. The Morgan fingerprint density at radius 1 is 1.06 bits per heavy atom. The van der Waals surface area contributed by atoms with Crippen LogP contribution < -0.4 is 9.62 Å². The van der Waals surface area contributed by atoms with E-state index in [1.165, 1.54) is 0 Å². The number of carbonyl (C=O) groups is 1. The summed E-state index contributed by atoms with van der Waals surface area (Å²) in [7, 11) is -3.65. The number of amidine groups is 1. The Morgan fingerprint density at radius 2 is 1.74 bits per heavy atom. The molecule has 10 heteroatoms. The summed E-state index contributed by atoms with van der Waals surface area (Å²) in [5.74, 6) is 2.01. The molecule has 0 bridgehead atoms. The Balaban J connectivity index is 1.50. The van der Waals surface area contributed by atoms with Gasteiger partial charge in [0, 0.05) is 49.4 Å². The maximum atomic E-state index is 13.4. The van der Waals surface area contributed by atoms with Crippen LogP contribution in [0.25, 0.3) is 0 Å². The van der Waals surface area contributed by atoms with E-state index in [1.807, 2.05) is 31.7 Å². The first kappa shape index (κ1) is 24.1. The first-order valence-corrected chi connectivity index (χ1v) is 13.1. The minimum absolute atomic E-state index is 0.0894. The number of nitrogens with zero attached hydrogens (tertiary/aromatic N) is 5. The second kappa shape index (κ2) is 9.32. The van der Waals surface area contributed by atoms with E-state index in [0.717, 1.165) is 17.3 Å². The monoisotopic (exact) mass is 484 g/mol. The number of amides is 1. The van der Waals surface area contributed by atoms with E-state index in [4.69, 9.17) is 4.98 Å². The lowest BCUT2D eigenvalue weighted by Gasteiger charge is -2.37. The lowest BCUT2D eigenvalue weighted by Crippen LogP contribution is -2.52. The maximum absolute atomic E-state index is 13.4. The largest absolute Gasteiger partial charge is 0.353 e. The van der Waals surface area contributed by atoms with Gasteiger partial charge in [0.05, 0.1) is 4.90 Å². The van der Waals surface area contributed by atoms with Crippen molar-refractivity contribution in [3.63, 3.8) is 0 Å². The first-order chi connectivity index (χ1) is 16.1. The zero-order valence-corrected chi connectivity index (χ0v) is 21.1. The van der Waals surface area contributed by atoms with E-state index in [0.29, 0.717) is 31.7 Å². The van der Waals surface area contributed by atoms with Crippen LogP contribution in [0, 0.1) is 12.8 Å². The fourth-order valence-electron chi connectivity index (χ4n) is 4.20. The van der Waals surface area contributed by atoms with E-state index in [2.05, 4.69) is 33.4 Å². The van der Waals surface area contributed by atoms with Gasteiger partial charge in [-0.25, -0.2) is 18.4 Å². The molecule has 4 rings (SSSR count). The maximum Gasteiger partial charge on any atom is 0.263 e. The second-order valence-electron chi connectivity index (χ2n) is 9.46. The van der Waals surface area contributed by atoms with Gasteiger partial charge in [0.15, 0.2) is 0 Å². The van der Waals surface area contributed by atoms with Gasteiger partial charge in [-0.1, -0.05) is 39.8 Å². The molecule has 0 aliphatic carbocycles. The lowest BCUT2D eigenvalue weighted by atomic mass is 10.0. The number of piperazine rings is 1. The Hall–Kier alpha value is -3.01. The molecule has 3 heterocycles. The molecule has 0 radical (unpaired) electrons. The number of aromatic nitrogens is 2. The Morgan fingerprint density at radius 3 is 2.38 bits per heavy atom. The Bertz CT molecular complexity index is 1220. The van der Waals surface area contributed by atoms with Crippen molar-refractivity contribution >= 4 is 27.6 Å². The summed E-state index contributed by atoms with van der Waals surface area (Å²) in [6.07, 6.45) is 0. The molecule has 0 spiro atoms. The van der Waals surface area contributed by atoms with E-state index in [1.54, 1.807) is 24.3 Å². The van der Waals surface area contributed by atoms with Crippen molar-refractivity contribution in [2.45, 2.75) is 51.5 Å². The smallest absolute Gasteiger partial charge is 0.263 e. The van der Waals surface area contributed by atoms with E-state index < -0.39 is 16.1 Å². The number of sulfonamides is 1. The highest BCUT2D eigenvalue weighted by Crippen LogP contribution is 2.24. The summed E-state index contributed by atoms with van der Waals surface area (Å²) in [4.78, 5) is 31.5. The predicted octanol–water partition coefficient (Wildman–Crippen LogP) is 2.32. The fraction of sp³-hybridized carbons (Fsp3) is 0.500. The number of benzene rings is 1. The van der Waals surface area contributed by atoms with Gasteiger partial charge in [-0.3, -0.25) is 14.5 Å². The number of nitrogens with one attached hydrogen (secondary N) is 1. The summed E-state index contributed by atoms with van der Waals surface area (Å²) in [5, 5.41) is 0. The molecular weight excluding hydrogens is 452 g/mol. The van der Waals surface area contributed by atoms with Crippen LogP contribution in [0.4, 0.5) is 5.82 Å². The number of fused-ring (bicyclic) bond motifs is 1. The average Bonchev–Trinajstić information content (AvgIpc) is 3.06. The molecule has 182 valence electrons. The molecule has 0 saturated carbocycles. The molecule has 1 amide bonds. The number of anilines is 1. The van der Waals surface area contributed by atoms with Gasteiger partial charge in [-0.2, -0.15) is 0 Å². The van der Waals surface area contributed by atoms with E-state index >= 15 is 0 Å². The molecule has 1 fully saturated rings. The van der Waals surface area contributed by atoms with Crippen LogP contribution in [-0.2, 0) is 14.8 Å². The minimum atomic E-state index is -3.65. The molecule has 1 N–H and O–H groups in total. The van der Waals surface area contributed by atoms with Crippen molar-refractivity contribution in [3.05, 3.63) is 47.4 Å². The summed E-state index contributed by atoms with van der Waals surface area (Å²) < 4.78 is 27.4. The zero-order valence-electron chi connectivity index (χ0n) is 20.3. The van der Waals surface area contributed by atoms with Crippen molar-refractivity contribution in [2.24, 2.45) is 10.9 Å². The highest BCUT2D eigenvalue weighted by molar-refractivity contribution is 7.90. The quantitative estimate of drug-likeness (QED) is 0.698. The summed E-state index contributed by atoms with van der Waals surface area (Å²) >= 11 is 0. The van der Waals surface area contributed by atoms with Gasteiger partial charge >= 0.3 is 0 Å². The van der Waals surface area contributed by atoms with Crippen molar-refractivity contribution < 1.29 is 13.2 Å². The number of aryl methyl sites for hydroxylation is 1. The highest BCUT2D eigenvalue weighted by atomic mass is 32.2. The van der Waals surface area contributed by atoms with Crippen LogP contribution in [0.1, 0.15) is 50.7 Å². The number of aliphatic imine (C=N–C) groups is 1. The van der Waals surface area contributed by atoms with E-state index in [9.17, 15) is 13.2 Å². The number of rotatable bonds is 5. The summed E-state index contributed by atoms with van der Waals surface area (Å²) in [6, 6.07) is 8.00. The third-order valence-electron chi connectivity index (χ3n) is 6.11. The van der Waals surface area contributed by atoms with Gasteiger partial charge in [0.25, 0.3) is 10.0 Å². The molecule has 2 aliphatic heterocycles. The van der Waals surface area contributed by atoms with Crippen LogP contribution >= 0.6 is 0 Å². The van der Waals surface area contributed by atoms with Gasteiger partial charge in [-0.15, -0.1) is 0 Å². The molecule has 2 aromatic rings. The van der Waals surface area contributed by atoms with Crippen LogP contribution in [0.5, 0.6) is 0 Å². The molecule has 1 atom stereocenters. The van der Waals surface area contributed by atoms with Crippen molar-refractivity contribution in [3.8, 4) is 0 Å². The highest BCUT2D eigenvalue weighted by Gasteiger charge is 2.34. The summed E-state index contributed by atoms with van der Waals surface area (Å²) in [5.41, 5.74) is 1.44. The Labute approximate surface area is 201 Å². The SMILES string of the molecule is Cc1cc(N2CCN(C(=O)[C@H](N=C3NS(=O)(=O)c4ccccc43)C(C)C)CC2)nc(C(C)C)n1. The first-order valence-electron chi connectivity index (χ1n) is 11.7. The molecule has 1 aromatic heterocycles. The third-order valence-corrected chi connectivity index (χ3v) is 7.50. The van der Waals surface area contributed by atoms with Crippen LogP contribution in [0.2, 0.25) is 0 Å². The standard InChI is InChI=1S/C24H32N6O3S/c1-15(2)21(27-23-18-8-6-7-9-19(18)34(32,33)28-23)24(31)30-12-10-29(11-13-30)20-14-17(5)25-22(26-20)16(3)4/h6-9,14-16,21H,10-13H2,1-5H3,(H,27,28)/t21-/m1/s1. The van der Waals surface area contributed by atoms with Gasteiger partial charge in [0.1, 0.15) is 23.5 Å². The molecule has 1 aromatic carbocycles. The lowest BCUT2D eigenvalue weighted by molar-refractivity contribution is -0.133. The topological polar surface area (TPSA) is 108 Å². The normalized spacial score (nSPS) is 19.4. The van der Waals surface area contributed by atoms with Gasteiger partial charge in [-0.05, 0) is 25.0 Å².